The van der Waals surface area contributed by atoms with E-state index >= 15 is 0 Å². The van der Waals surface area contributed by atoms with Crippen LogP contribution >= 0.6 is 23.1 Å². The smallest absolute Gasteiger partial charge is 0.225 e. The molecule has 0 spiro atoms. The Morgan fingerprint density at radius 2 is 2.03 bits per heavy atom. The highest BCUT2D eigenvalue weighted by Gasteiger charge is 2.54. The molecule has 2 heterocycles. The first kappa shape index (κ1) is 23.4. The van der Waals surface area contributed by atoms with Crippen LogP contribution in [0, 0.1) is 23.2 Å². The molecule has 3 aliphatic rings. The Bertz CT molecular complexity index is 987. The van der Waals surface area contributed by atoms with Crippen molar-refractivity contribution in [2.75, 3.05) is 13.1 Å². The van der Waals surface area contributed by atoms with Crippen LogP contribution in [0.3, 0.4) is 0 Å². The number of fused-ring (bicyclic) bond motifs is 2. The van der Waals surface area contributed by atoms with E-state index in [0.29, 0.717) is 0 Å². The summed E-state index contributed by atoms with van der Waals surface area (Å²) in [5.74, 6) is 1.46. The quantitative estimate of drug-likeness (QED) is 0.549. The lowest BCUT2D eigenvalue weighted by Crippen LogP contribution is -2.53. The summed E-state index contributed by atoms with van der Waals surface area (Å²) in [5, 5.41) is 12.8. The molecule has 33 heavy (non-hydrogen) atoms. The van der Waals surface area contributed by atoms with Crippen LogP contribution in [-0.4, -0.2) is 40.1 Å². The van der Waals surface area contributed by atoms with Crippen molar-refractivity contribution in [3.8, 4) is 0 Å². The molecule has 4 nitrogen and oxygen atoms in total. The lowest BCUT2D eigenvalue weighted by Gasteiger charge is -2.53. The van der Waals surface area contributed by atoms with E-state index in [1.807, 2.05) is 28.0 Å². The molecule has 1 amide bonds. The lowest BCUT2D eigenvalue weighted by atomic mass is 9.53. The van der Waals surface area contributed by atoms with Crippen molar-refractivity contribution < 1.29 is 9.90 Å². The number of nitrogens with zero attached hydrogens (tertiary/aromatic N) is 2. The predicted octanol–water partition coefficient (Wildman–Crippen LogP) is 5.75. The van der Waals surface area contributed by atoms with Gasteiger partial charge in [0.05, 0.1) is 17.6 Å². The molecule has 178 valence electrons. The Balaban J connectivity index is 1.33. The molecule has 0 radical (unpaired) electrons. The third-order valence-corrected chi connectivity index (χ3v) is 10.8. The Morgan fingerprint density at radius 1 is 1.30 bits per heavy atom. The maximum Gasteiger partial charge on any atom is 0.225 e. The highest BCUT2D eigenvalue weighted by molar-refractivity contribution is 7.98. The van der Waals surface area contributed by atoms with Crippen molar-refractivity contribution in [1.82, 2.24) is 9.88 Å². The summed E-state index contributed by atoms with van der Waals surface area (Å²) in [6.45, 7) is 8.44. The maximum absolute atomic E-state index is 13.1. The van der Waals surface area contributed by atoms with Gasteiger partial charge in [-0.3, -0.25) is 4.79 Å². The van der Waals surface area contributed by atoms with E-state index < -0.39 is 6.10 Å². The van der Waals surface area contributed by atoms with Gasteiger partial charge in [-0.2, -0.15) is 0 Å². The number of aliphatic hydroxyl groups excluding tert-OH is 1. The van der Waals surface area contributed by atoms with Crippen molar-refractivity contribution in [3.05, 3.63) is 45.9 Å². The van der Waals surface area contributed by atoms with Gasteiger partial charge in [0.15, 0.2) is 0 Å². The zero-order valence-corrected chi connectivity index (χ0v) is 21.6. The van der Waals surface area contributed by atoms with Crippen molar-refractivity contribution in [1.29, 1.82) is 0 Å². The van der Waals surface area contributed by atoms with Gasteiger partial charge >= 0.3 is 0 Å². The summed E-state index contributed by atoms with van der Waals surface area (Å²) in [4.78, 5) is 22.9. The van der Waals surface area contributed by atoms with Gasteiger partial charge in [0, 0.05) is 34.7 Å². The summed E-state index contributed by atoms with van der Waals surface area (Å²) >= 11 is 3.71. The van der Waals surface area contributed by atoms with Crippen LogP contribution in [-0.2, 0) is 17.0 Å². The van der Waals surface area contributed by atoms with Gasteiger partial charge in [-0.25, -0.2) is 4.98 Å². The molecular formula is C27H36N2O2S2. The van der Waals surface area contributed by atoms with Gasteiger partial charge in [0.1, 0.15) is 5.01 Å². The third kappa shape index (κ3) is 4.39. The molecule has 6 heteroatoms. The average molecular weight is 485 g/mol. The first-order valence-corrected chi connectivity index (χ1v) is 14.3. The number of carbonyl (C=O) groups excluding carboxylic acids is 1. The van der Waals surface area contributed by atoms with Gasteiger partial charge < -0.3 is 10.0 Å². The summed E-state index contributed by atoms with van der Waals surface area (Å²) in [7, 11) is 0. The number of likely N-dealkylation sites (tertiary alicyclic amines) is 1. The average Bonchev–Trinajstić information content (AvgIpc) is 3.47. The Morgan fingerprint density at radius 3 is 2.76 bits per heavy atom. The topological polar surface area (TPSA) is 53.4 Å². The highest BCUT2D eigenvalue weighted by atomic mass is 32.2. The molecule has 1 N–H and O–H groups in total. The number of thiazole rings is 1. The first-order valence-electron chi connectivity index (χ1n) is 12.5. The Kier molecular flexibility index (Phi) is 6.62. The number of rotatable bonds is 5. The number of thioether (sulfide) groups is 1. The minimum Gasteiger partial charge on any atom is -0.392 e. The molecule has 1 saturated carbocycles. The lowest BCUT2D eigenvalue weighted by molar-refractivity contribution is -0.143. The summed E-state index contributed by atoms with van der Waals surface area (Å²) in [6.07, 6.45) is 4.79. The second-order valence-electron chi connectivity index (χ2n) is 10.7. The van der Waals surface area contributed by atoms with E-state index in [2.05, 4.69) is 51.1 Å². The fourth-order valence-electron chi connectivity index (χ4n) is 6.73. The molecular weight excluding hydrogens is 448 g/mol. The van der Waals surface area contributed by atoms with E-state index in [-0.39, 0.29) is 35.0 Å². The van der Waals surface area contributed by atoms with E-state index in [0.717, 1.165) is 50.9 Å². The number of hydrogen-bond acceptors (Lipinski definition) is 5. The SMILES string of the molecule is C[C@H](C(=O)N1CCCC1)[C@@H]1CC[C@@]2(C)Cc3sc(CSc4ccccc4)nc3[C@@H](C)[C@@H]2[C@H]1O. The number of benzene rings is 1. The molecule has 5 rings (SSSR count). The molecule has 1 aromatic heterocycles. The van der Waals surface area contributed by atoms with Crippen molar-refractivity contribution in [3.63, 3.8) is 0 Å². The van der Waals surface area contributed by atoms with Gasteiger partial charge in [-0.1, -0.05) is 39.0 Å². The summed E-state index contributed by atoms with van der Waals surface area (Å²) in [6, 6.07) is 10.5. The molecule has 2 fully saturated rings. The molecule has 1 saturated heterocycles. The van der Waals surface area contributed by atoms with Crippen LogP contribution in [0.15, 0.2) is 35.2 Å². The number of hydrogen-bond donors (Lipinski definition) is 1. The van der Waals surface area contributed by atoms with Gasteiger partial charge in [0.2, 0.25) is 5.91 Å². The summed E-state index contributed by atoms with van der Waals surface area (Å²) < 4.78 is 0. The van der Waals surface area contributed by atoms with Crippen molar-refractivity contribution in [2.45, 2.75) is 75.5 Å². The van der Waals surface area contributed by atoms with E-state index in [1.54, 1.807) is 0 Å². The number of aliphatic hydroxyl groups is 1. The standard InChI is InChI=1S/C27H36N2O2S2/c1-17(26(31)29-13-7-8-14-29)20-11-12-27(3)15-21-24(18(2)23(27)25(20)30)28-22(33-21)16-32-19-9-5-4-6-10-19/h4-6,9-10,17-18,20,23,25,30H,7-8,11-16H2,1-3H3/t17-,18-,20-,23+,25-,27-/m0/s1. The number of aromatic nitrogens is 1. The maximum atomic E-state index is 13.1. The Labute approximate surface area is 206 Å². The van der Waals surface area contributed by atoms with Crippen LogP contribution in [0.2, 0.25) is 0 Å². The van der Waals surface area contributed by atoms with Crippen molar-refractivity contribution >= 4 is 29.0 Å². The normalized spacial score (nSPS) is 32.3. The number of carbonyl (C=O) groups is 1. The van der Waals surface area contributed by atoms with Gasteiger partial charge in [-0.05, 0) is 61.5 Å². The van der Waals surface area contributed by atoms with Crippen molar-refractivity contribution in [2.24, 2.45) is 23.2 Å². The molecule has 0 unspecified atom stereocenters. The van der Waals surface area contributed by atoms with Crippen LogP contribution < -0.4 is 0 Å². The molecule has 6 atom stereocenters. The predicted molar refractivity (Wildman–Crippen MR) is 136 cm³/mol. The second-order valence-corrected chi connectivity index (χ2v) is 12.9. The van der Waals surface area contributed by atoms with Crippen LogP contribution in [0.5, 0.6) is 0 Å². The monoisotopic (exact) mass is 484 g/mol. The summed E-state index contributed by atoms with van der Waals surface area (Å²) in [5.41, 5.74) is 1.28. The van der Waals surface area contributed by atoms with Gasteiger partial charge in [0.25, 0.3) is 0 Å². The Hall–Kier alpha value is -1.37. The minimum absolute atomic E-state index is 0.0481. The van der Waals surface area contributed by atoms with Crippen LogP contribution in [0.25, 0.3) is 0 Å². The third-order valence-electron chi connectivity index (χ3n) is 8.52. The molecule has 2 aliphatic carbocycles. The molecule has 0 bridgehead atoms. The fourth-order valence-corrected chi connectivity index (χ4v) is 9.01. The largest absolute Gasteiger partial charge is 0.392 e. The second kappa shape index (κ2) is 9.35. The van der Waals surface area contributed by atoms with Crippen LogP contribution in [0.4, 0.5) is 0 Å². The fraction of sp³-hybridized carbons (Fsp3) is 0.630. The number of amides is 1. The molecule has 1 aliphatic heterocycles. The highest BCUT2D eigenvalue weighted by Crippen LogP contribution is 2.57. The zero-order valence-electron chi connectivity index (χ0n) is 20.0. The van der Waals surface area contributed by atoms with E-state index in [4.69, 9.17) is 4.98 Å². The van der Waals surface area contributed by atoms with E-state index in [9.17, 15) is 9.90 Å². The molecule has 1 aromatic carbocycles. The minimum atomic E-state index is -0.447. The van der Waals surface area contributed by atoms with E-state index in [1.165, 1.54) is 20.5 Å². The first-order chi connectivity index (χ1) is 15.9. The zero-order chi connectivity index (χ0) is 23.2. The van der Waals surface area contributed by atoms with Gasteiger partial charge in [-0.15, -0.1) is 23.1 Å². The van der Waals surface area contributed by atoms with Crippen LogP contribution in [0.1, 0.15) is 68.0 Å². The molecule has 2 aromatic rings.